The Morgan fingerprint density at radius 1 is 1.15 bits per heavy atom. The summed E-state index contributed by atoms with van der Waals surface area (Å²) >= 11 is 7.55. The highest BCUT2D eigenvalue weighted by Crippen LogP contribution is 2.36. The number of benzene rings is 2. The van der Waals surface area contributed by atoms with Crippen molar-refractivity contribution in [1.29, 1.82) is 0 Å². The molecule has 5 rings (SSSR count). The molecule has 6 nitrogen and oxygen atoms in total. The molecule has 0 spiro atoms. The number of halogens is 1. The van der Waals surface area contributed by atoms with Crippen molar-refractivity contribution in [3.05, 3.63) is 94.0 Å². The second-order valence-corrected chi connectivity index (χ2v) is 9.94. The largest absolute Gasteiger partial charge is 0.350 e. The van der Waals surface area contributed by atoms with Gasteiger partial charge in [-0.3, -0.25) is 19.2 Å². The normalized spacial score (nSPS) is 17.5. The van der Waals surface area contributed by atoms with Crippen LogP contribution in [-0.4, -0.2) is 27.1 Å². The summed E-state index contributed by atoms with van der Waals surface area (Å²) in [6, 6.07) is 20.7. The first-order valence-electron chi connectivity index (χ1n) is 10.9. The Hall–Kier alpha value is -3.42. The van der Waals surface area contributed by atoms with Crippen molar-refractivity contribution in [3.63, 3.8) is 0 Å². The zero-order valence-electron chi connectivity index (χ0n) is 18.8. The average molecular weight is 491 g/mol. The number of para-hydroxylation sites is 1. The number of thiophene rings is 1. The van der Waals surface area contributed by atoms with E-state index < -0.39 is 5.54 Å². The van der Waals surface area contributed by atoms with Gasteiger partial charge in [-0.1, -0.05) is 48.0 Å². The Labute approximate surface area is 206 Å². The molecule has 172 valence electrons. The Kier molecular flexibility index (Phi) is 5.75. The molecular weight excluding hydrogens is 468 g/mol. The summed E-state index contributed by atoms with van der Waals surface area (Å²) in [6.45, 7) is 4.30. The van der Waals surface area contributed by atoms with Gasteiger partial charge >= 0.3 is 0 Å². The number of hydrogen-bond acceptors (Lipinski definition) is 4. The molecule has 0 saturated carbocycles. The first kappa shape index (κ1) is 22.4. The molecule has 2 amide bonds. The molecule has 8 heteroatoms. The van der Waals surface area contributed by atoms with Crippen LogP contribution in [0.25, 0.3) is 10.6 Å². The number of nitrogens with one attached hydrogen (secondary N) is 1. The lowest BCUT2D eigenvalue weighted by Crippen LogP contribution is -2.64. The van der Waals surface area contributed by atoms with Crippen LogP contribution in [0.3, 0.4) is 0 Å². The highest BCUT2D eigenvalue weighted by Gasteiger charge is 2.49. The van der Waals surface area contributed by atoms with Gasteiger partial charge in [-0.15, -0.1) is 11.3 Å². The molecule has 0 bridgehead atoms. The van der Waals surface area contributed by atoms with Crippen LogP contribution in [-0.2, 0) is 17.9 Å². The maximum Gasteiger partial charge on any atom is 0.277 e. The molecular formula is C26H23ClN4O2S. The molecule has 1 N–H and O–H groups in total. The van der Waals surface area contributed by atoms with Gasteiger partial charge in [0.05, 0.1) is 11.4 Å². The van der Waals surface area contributed by atoms with Crippen molar-refractivity contribution in [2.75, 3.05) is 4.90 Å². The Morgan fingerprint density at radius 3 is 2.62 bits per heavy atom. The Bertz CT molecular complexity index is 1360. The van der Waals surface area contributed by atoms with Gasteiger partial charge in [0.1, 0.15) is 16.9 Å². The molecule has 0 aliphatic carbocycles. The number of carbonyl (C=O) groups excluding carboxylic acids is 2. The van der Waals surface area contributed by atoms with E-state index in [1.54, 1.807) is 40.0 Å². The maximum absolute atomic E-state index is 13.9. The maximum atomic E-state index is 13.9. The van der Waals surface area contributed by atoms with E-state index in [9.17, 15) is 9.59 Å². The molecule has 1 aliphatic rings. The lowest BCUT2D eigenvalue weighted by molar-refractivity contribution is -0.126. The topological polar surface area (TPSA) is 67.2 Å². The summed E-state index contributed by atoms with van der Waals surface area (Å²) in [5.41, 5.74) is 2.57. The lowest BCUT2D eigenvalue weighted by atomic mass is 9.93. The van der Waals surface area contributed by atoms with Gasteiger partial charge in [0, 0.05) is 17.3 Å². The lowest BCUT2D eigenvalue weighted by Gasteiger charge is -2.43. The zero-order valence-corrected chi connectivity index (χ0v) is 20.4. The van der Waals surface area contributed by atoms with Gasteiger partial charge in [0.25, 0.3) is 5.91 Å². The number of carbonyl (C=O) groups is 2. The van der Waals surface area contributed by atoms with Crippen molar-refractivity contribution in [2.24, 2.45) is 0 Å². The summed E-state index contributed by atoms with van der Waals surface area (Å²) in [7, 11) is 0. The highest BCUT2D eigenvalue weighted by molar-refractivity contribution is 7.13. The standard InChI is InChI=1S/C26H23ClN4O2S/c1-17-6-3-4-7-21(17)31-24(32)22-14-20(23-8-5-13-34-23)29-30(22)16-26(31,2)25(33)28-15-18-9-11-19(27)12-10-18/h3-14H,15-16H2,1-2H3,(H,28,33). The molecule has 34 heavy (non-hydrogen) atoms. The van der Waals surface area contributed by atoms with Crippen LogP contribution in [0.1, 0.15) is 28.5 Å². The minimum absolute atomic E-state index is 0.236. The van der Waals surface area contributed by atoms with Gasteiger partial charge in [-0.05, 0) is 60.7 Å². The van der Waals surface area contributed by atoms with E-state index in [0.29, 0.717) is 22.9 Å². The SMILES string of the molecule is Cc1ccccc1N1C(=O)c2cc(-c3cccs3)nn2CC1(C)C(=O)NCc1ccc(Cl)cc1. The molecule has 0 radical (unpaired) electrons. The number of aromatic nitrogens is 2. The monoisotopic (exact) mass is 490 g/mol. The Morgan fingerprint density at radius 2 is 1.91 bits per heavy atom. The number of rotatable bonds is 5. The summed E-state index contributed by atoms with van der Waals surface area (Å²) in [6.07, 6.45) is 0. The average Bonchev–Trinajstić information content (AvgIpc) is 3.50. The number of nitrogens with zero attached hydrogens (tertiary/aromatic N) is 3. The molecule has 1 atom stereocenters. The van der Waals surface area contributed by atoms with E-state index >= 15 is 0 Å². The molecule has 1 aliphatic heterocycles. The van der Waals surface area contributed by atoms with Crippen LogP contribution < -0.4 is 10.2 Å². The summed E-state index contributed by atoms with van der Waals surface area (Å²) < 4.78 is 1.66. The number of amides is 2. The minimum Gasteiger partial charge on any atom is -0.350 e. The van der Waals surface area contributed by atoms with Gasteiger partial charge in [-0.25, -0.2) is 0 Å². The van der Waals surface area contributed by atoms with E-state index in [0.717, 1.165) is 21.7 Å². The third-order valence-corrected chi connectivity index (χ3v) is 7.28. The number of aryl methyl sites for hydroxylation is 1. The summed E-state index contributed by atoms with van der Waals surface area (Å²) in [4.78, 5) is 30.1. The molecule has 3 heterocycles. The predicted octanol–water partition coefficient (Wildman–Crippen LogP) is 5.31. The molecule has 1 unspecified atom stereocenters. The predicted molar refractivity (Wildman–Crippen MR) is 135 cm³/mol. The van der Waals surface area contributed by atoms with Crippen LogP contribution in [0.4, 0.5) is 5.69 Å². The van der Waals surface area contributed by atoms with Gasteiger partial charge < -0.3 is 5.32 Å². The fraction of sp³-hybridized carbons (Fsp3) is 0.192. The number of anilines is 1. The van der Waals surface area contributed by atoms with Crippen molar-refractivity contribution in [1.82, 2.24) is 15.1 Å². The van der Waals surface area contributed by atoms with Crippen molar-refractivity contribution < 1.29 is 9.59 Å². The molecule has 0 fully saturated rings. The first-order valence-corrected chi connectivity index (χ1v) is 12.2. The summed E-state index contributed by atoms with van der Waals surface area (Å²) in [5, 5.41) is 10.3. The molecule has 2 aromatic heterocycles. The quantitative estimate of drug-likeness (QED) is 0.412. The van der Waals surface area contributed by atoms with Crippen LogP contribution in [0.2, 0.25) is 5.02 Å². The van der Waals surface area contributed by atoms with E-state index in [4.69, 9.17) is 11.6 Å². The first-order chi connectivity index (χ1) is 16.4. The second-order valence-electron chi connectivity index (χ2n) is 8.56. The number of fused-ring (bicyclic) bond motifs is 1. The van der Waals surface area contributed by atoms with Crippen LogP contribution in [0.5, 0.6) is 0 Å². The van der Waals surface area contributed by atoms with Gasteiger partial charge in [0.15, 0.2) is 0 Å². The van der Waals surface area contributed by atoms with E-state index in [2.05, 4.69) is 10.4 Å². The van der Waals surface area contributed by atoms with Gasteiger partial charge in [-0.2, -0.15) is 5.10 Å². The fourth-order valence-electron chi connectivity index (χ4n) is 4.29. The van der Waals surface area contributed by atoms with Crippen molar-refractivity contribution in [3.8, 4) is 10.6 Å². The van der Waals surface area contributed by atoms with E-state index in [1.807, 2.05) is 66.9 Å². The molecule has 2 aromatic carbocycles. The Balaban J connectivity index is 1.54. The van der Waals surface area contributed by atoms with Crippen LogP contribution in [0, 0.1) is 6.92 Å². The van der Waals surface area contributed by atoms with E-state index in [-0.39, 0.29) is 18.4 Å². The van der Waals surface area contributed by atoms with Crippen LogP contribution >= 0.6 is 22.9 Å². The van der Waals surface area contributed by atoms with Crippen molar-refractivity contribution in [2.45, 2.75) is 32.5 Å². The van der Waals surface area contributed by atoms with Crippen molar-refractivity contribution >= 4 is 40.4 Å². The van der Waals surface area contributed by atoms with E-state index in [1.165, 1.54) is 0 Å². The fourth-order valence-corrected chi connectivity index (χ4v) is 5.10. The third-order valence-electron chi connectivity index (χ3n) is 6.14. The molecule has 0 saturated heterocycles. The minimum atomic E-state index is -1.18. The second kappa shape index (κ2) is 8.74. The molecule has 4 aromatic rings. The highest BCUT2D eigenvalue weighted by atomic mass is 35.5. The smallest absolute Gasteiger partial charge is 0.277 e. The summed E-state index contributed by atoms with van der Waals surface area (Å²) in [5.74, 6) is -0.502. The third kappa shape index (κ3) is 3.91. The van der Waals surface area contributed by atoms with Crippen LogP contribution in [0.15, 0.2) is 72.1 Å². The van der Waals surface area contributed by atoms with Gasteiger partial charge in [0.2, 0.25) is 5.91 Å². The number of hydrogen-bond donors (Lipinski definition) is 1. The zero-order chi connectivity index (χ0) is 23.9.